The average Bonchev–Trinajstić information content (AvgIpc) is 2.90. The van der Waals surface area contributed by atoms with Crippen molar-refractivity contribution in [3.05, 3.63) is 59.9 Å². The fourth-order valence-electron chi connectivity index (χ4n) is 4.06. The standard InChI is InChI=1S/C34H49N3O6/c1-10-11-16-27(36-33(41)42-23(2)3)17-14-21-35-31(39)30(34(7,8)9)37-29(38)18-13-12-15-24(4)22-26(6)28-20-19-25(5)32(40)43-28/h12-15,18-19,21-23,26-28,30H,16-17,20H2,1-9H3,(H,35,39)(H,36,41)(H,37,38)/b15-12-,18-13-,21-14-,24-22+/t26-,27-,28-,30+/m0/s1. The molecule has 1 aliphatic heterocycles. The van der Waals surface area contributed by atoms with Gasteiger partial charge in [-0.2, -0.15) is 0 Å². The summed E-state index contributed by atoms with van der Waals surface area (Å²) in [6.07, 6.45) is 14.3. The van der Waals surface area contributed by atoms with Crippen LogP contribution >= 0.6 is 0 Å². The molecule has 4 atom stereocenters. The van der Waals surface area contributed by atoms with Gasteiger partial charge in [0.1, 0.15) is 12.1 Å². The van der Waals surface area contributed by atoms with Gasteiger partial charge in [-0.25, -0.2) is 9.59 Å². The van der Waals surface area contributed by atoms with Gasteiger partial charge in [0.25, 0.3) is 0 Å². The molecule has 1 rings (SSSR count). The van der Waals surface area contributed by atoms with E-state index in [0.29, 0.717) is 24.8 Å². The molecule has 3 amide bonds. The lowest BCUT2D eigenvalue weighted by Gasteiger charge is -2.29. The number of cyclic esters (lactones) is 1. The topological polar surface area (TPSA) is 123 Å². The molecule has 236 valence electrons. The number of esters is 1. The van der Waals surface area contributed by atoms with Crippen LogP contribution in [-0.4, -0.2) is 48.2 Å². The van der Waals surface area contributed by atoms with E-state index < -0.39 is 23.5 Å². The molecule has 9 nitrogen and oxygen atoms in total. The fourth-order valence-corrected chi connectivity index (χ4v) is 4.06. The summed E-state index contributed by atoms with van der Waals surface area (Å²) in [5.74, 6) is 4.76. The minimum atomic E-state index is -0.794. The Morgan fingerprint density at radius 1 is 1.14 bits per heavy atom. The first-order chi connectivity index (χ1) is 20.1. The third kappa shape index (κ3) is 15.1. The second-order valence-electron chi connectivity index (χ2n) is 11.9. The molecule has 1 heterocycles. The van der Waals surface area contributed by atoms with Crippen molar-refractivity contribution in [2.24, 2.45) is 11.3 Å². The number of carbonyl (C=O) groups is 4. The molecule has 0 spiro atoms. The zero-order valence-electron chi connectivity index (χ0n) is 27.1. The van der Waals surface area contributed by atoms with Crippen LogP contribution in [0.4, 0.5) is 4.79 Å². The van der Waals surface area contributed by atoms with E-state index in [-0.39, 0.29) is 36.0 Å². The van der Waals surface area contributed by atoms with E-state index in [1.165, 1.54) is 12.3 Å². The van der Waals surface area contributed by atoms with Crippen LogP contribution in [0.5, 0.6) is 0 Å². The quantitative estimate of drug-likeness (QED) is 0.113. The molecule has 43 heavy (non-hydrogen) atoms. The largest absolute Gasteiger partial charge is 0.458 e. The Hall–Kier alpha value is -4.06. The van der Waals surface area contributed by atoms with E-state index in [4.69, 9.17) is 9.47 Å². The van der Waals surface area contributed by atoms with Crippen molar-refractivity contribution in [1.29, 1.82) is 0 Å². The van der Waals surface area contributed by atoms with Gasteiger partial charge in [-0.1, -0.05) is 69.7 Å². The first-order valence-corrected chi connectivity index (χ1v) is 14.7. The van der Waals surface area contributed by atoms with Gasteiger partial charge >= 0.3 is 12.1 Å². The Kier molecular flexibility index (Phi) is 15.9. The molecular formula is C34H49N3O6. The SMILES string of the molecule is CC#CC[C@@H](C/C=C\NC(=O)[C@@H](NC(=O)\C=C/C=C\C(C)=C\[C@H](C)[C@@H]1CC=C(C)C(=O)O1)C(C)(C)C)NC(=O)OC(C)C. The third-order valence-corrected chi connectivity index (χ3v) is 6.44. The molecule has 0 saturated carbocycles. The Morgan fingerprint density at radius 3 is 2.42 bits per heavy atom. The first kappa shape index (κ1) is 37.0. The van der Waals surface area contributed by atoms with Crippen LogP contribution < -0.4 is 16.0 Å². The van der Waals surface area contributed by atoms with Crippen LogP contribution in [0.3, 0.4) is 0 Å². The molecule has 0 aromatic carbocycles. The minimum absolute atomic E-state index is 0.0406. The lowest BCUT2D eigenvalue weighted by molar-refractivity contribution is -0.147. The van der Waals surface area contributed by atoms with Crippen molar-refractivity contribution < 1.29 is 28.7 Å². The van der Waals surface area contributed by atoms with Gasteiger partial charge in [0, 0.05) is 36.5 Å². The summed E-state index contributed by atoms with van der Waals surface area (Å²) < 4.78 is 10.6. The number of hydrogen-bond acceptors (Lipinski definition) is 6. The maximum Gasteiger partial charge on any atom is 0.407 e. The van der Waals surface area contributed by atoms with Crippen LogP contribution in [0.25, 0.3) is 0 Å². The maximum absolute atomic E-state index is 13.0. The number of ether oxygens (including phenoxy) is 2. The highest BCUT2D eigenvalue weighted by molar-refractivity contribution is 5.93. The fraction of sp³-hybridized carbons (Fsp3) is 0.529. The summed E-state index contributed by atoms with van der Waals surface area (Å²) in [5, 5.41) is 8.29. The zero-order chi connectivity index (χ0) is 32.6. The highest BCUT2D eigenvalue weighted by Gasteiger charge is 2.32. The van der Waals surface area contributed by atoms with Crippen molar-refractivity contribution in [2.75, 3.05) is 0 Å². The van der Waals surface area contributed by atoms with Crippen LogP contribution in [-0.2, 0) is 23.9 Å². The summed E-state index contributed by atoms with van der Waals surface area (Å²) in [7, 11) is 0. The summed E-state index contributed by atoms with van der Waals surface area (Å²) in [4.78, 5) is 49.4. The smallest absolute Gasteiger partial charge is 0.407 e. The number of nitrogens with one attached hydrogen (secondary N) is 3. The van der Waals surface area contributed by atoms with E-state index in [2.05, 4.69) is 27.8 Å². The van der Waals surface area contributed by atoms with Crippen LogP contribution in [0.1, 0.15) is 81.6 Å². The second kappa shape index (κ2) is 18.5. The van der Waals surface area contributed by atoms with Crippen LogP contribution in [0.2, 0.25) is 0 Å². The van der Waals surface area contributed by atoms with Gasteiger partial charge in [-0.05, 0) is 52.7 Å². The highest BCUT2D eigenvalue weighted by Crippen LogP contribution is 2.22. The molecule has 0 aromatic rings. The van der Waals surface area contributed by atoms with Crippen molar-refractivity contribution >= 4 is 23.9 Å². The molecule has 1 aliphatic rings. The van der Waals surface area contributed by atoms with Gasteiger partial charge in [0.05, 0.1) is 6.10 Å². The average molecular weight is 596 g/mol. The molecule has 0 saturated heterocycles. The number of alkyl carbamates (subject to hydrolysis) is 1. The molecule has 0 aromatic heterocycles. The van der Waals surface area contributed by atoms with Gasteiger partial charge in [0.15, 0.2) is 0 Å². The minimum Gasteiger partial charge on any atom is -0.458 e. The highest BCUT2D eigenvalue weighted by atomic mass is 16.6. The Bertz CT molecular complexity index is 1190. The molecule has 9 heteroatoms. The van der Waals surface area contributed by atoms with Gasteiger partial charge in [0.2, 0.25) is 11.8 Å². The molecule has 3 N–H and O–H groups in total. The summed E-state index contributed by atoms with van der Waals surface area (Å²) in [6, 6.07) is -1.08. The van der Waals surface area contributed by atoms with Gasteiger partial charge in [-0.3, -0.25) is 9.59 Å². The predicted octanol–water partition coefficient (Wildman–Crippen LogP) is 5.41. The maximum atomic E-state index is 13.0. The van der Waals surface area contributed by atoms with E-state index in [9.17, 15) is 19.2 Å². The van der Waals surface area contributed by atoms with E-state index in [1.54, 1.807) is 45.9 Å². The molecule has 0 unspecified atom stereocenters. The van der Waals surface area contributed by atoms with E-state index in [0.717, 1.165) is 5.57 Å². The molecule has 0 fully saturated rings. The lowest BCUT2D eigenvalue weighted by atomic mass is 9.86. The Labute approximate surface area is 257 Å². The normalized spacial score (nSPS) is 18.0. The summed E-state index contributed by atoms with van der Waals surface area (Å²) in [5.41, 5.74) is 1.05. The number of rotatable bonds is 13. The van der Waals surface area contributed by atoms with E-state index >= 15 is 0 Å². The predicted molar refractivity (Wildman–Crippen MR) is 169 cm³/mol. The molecular weight excluding hydrogens is 546 g/mol. The monoisotopic (exact) mass is 595 g/mol. The molecule has 0 radical (unpaired) electrons. The Morgan fingerprint density at radius 2 is 1.81 bits per heavy atom. The Balaban J connectivity index is 2.70. The molecule has 0 bridgehead atoms. The van der Waals surface area contributed by atoms with Gasteiger partial charge in [-0.15, -0.1) is 11.8 Å². The number of amides is 3. The first-order valence-electron chi connectivity index (χ1n) is 14.7. The van der Waals surface area contributed by atoms with Crippen LogP contribution in [0, 0.1) is 23.2 Å². The summed E-state index contributed by atoms with van der Waals surface area (Å²) >= 11 is 0. The number of allylic oxidation sites excluding steroid dienone is 4. The van der Waals surface area contributed by atoms with E-state index in [1.807, 2.05) is 52.8 Å². The van der Waals surface area contributed by atoms with Crippen molar-refractivity contribution in [1.82, 2.24) is 16.0 Å². The summed E-state index contributed by atoms with van der Waals surface area (Å²) in [6.45, 7) is 16.5. The molecule has 0 aliphatic carbocycles. The zero-order valence-corrected chi connectivity index (χ0v) is 27.1. The lowest BCUT2D eigenvalue weighted by Crippen LogP contribution is -2.52. The van der Waals surface area contributed by atoms with Crippen molar-refractivity contribution in [3.63, 3.8) is 0 Å². The van der Waals surface area contributed by atoms with Crippen molar-refractivity contribution in [2.45, 2.75) is 106 Å². The number of hydrogen-bond donors (Lipinski definition) is 3. The van der Waals surface area contributed by atoms with Crippen molar-refractivity contribution in [3.8, 4) is 11.8 Å². The van der Waals surface area contributed by atoms with Gasteiger partial charge < -0.3 is 25.4 Å². The third-order valence-electron chi connectivity index (χ3n) is 6.44. The number of carbonyl (C=O) groups excluding carboxylic acids is 4. The van der Waals surface area contributed by atoms with Crippen LogP contribution in [0.15, 0.2) is 59.9 Å². The second-order valence-corrected chi connectivity index (χ2v) is 11.9.